The smallest absolute Gasteiger partial charge is 0.100 e. The summed E-state index contributed by atoms with van der Waals surface area (Å²) in [7, 11) is 0. The molecule has 3 fully saturated rings. The Morgan fingerprint density at radius 1 is 0.524 bits per heavy atom. The van der Waals surface area contributed by atoms with Gasteiger partial charge in [0.15, 0.2) is 0 Å². The Hall–Kier alpha value is -0.980. The van der Waals surface area contributed by atoms with Gasteiger partial charge < -0.3 is 0 Å². The van der Waals surface area contributed by atoms with Gasteiger partial charge in [0.05, 0.1) is 0 Å². The zero-order valence-electron chi connectivity index (χ0n) is 26.9. The first-order chi connectivity index (χ1) is 20.4. The molecule has 2 aromatic carbocycles. The number of unbranched alkanes of at least 4 members (excludes halogenated alkanes) is 8. The van der Waals surface area contributed by atoms with Gasteiger partial charge in [0.2, 0.25) is 0 Å². The third-order valence-corrected chi connectivity index (χ3v) is 13.5. The zero-order chi connectivity index (χ0) is 29.5. The molecule has 5 rings (SSSR count). The van der Waals surface area contributed by atoms with Crippen LogP contribution in [0.3, 0.4) is 0 Å². The normalized spacial score (nSPS) is 28.7. The van der Waals surface area contributed by atoms with E-state index in [2.05, 4.69) is 62.4 Å². The Kier molecular flexibility index (Phi) is 11.5. The first-order valence-corrected chi connectivity index (χ1v) is 18.7. The Balaban J connectivity index is 1.07. The number of rotatable bonds is 14. The van der Waals surface area contributed by atoms with Crippen LogP contribution in [0.5, 0.6) is 0 Å². The molecule has 0 heterocycles. The van der Waals surface area contributed by atoms with Crippen LogP contribution < -0.4 is 0 Å². The van der Waals surface area contributed by atoms with Gasteiger partial charge in [0, 0.05) is 10.8 Å². The zero-order valence-corrected chi connectivity index (χ0v) is 28.4. The third kappa shape index (κ3) is 7.12. The van der Waals surface area contributed by atoms with Crippen molar-refractivity contribution in [3.8, 4) is 0 Å². The molecule has 42 heavy (non-hydrogen) atoms. The largest absolute Gasteiger partial charge is 0.129 e. The summed E-state index contributed by atoms with van der Waals surface area (Å²) in [5, 5.41) is 0. The van der Waals surface area contributed by atoms with Gasteiger partial charge in [-0.15, -0.1) is 23.2 Å². The van der Waals surface area contributed by atoms with Gasteiger partial charge in [-0.05, 0) is 118 Å². The van der Waals surface area contributed by atoms with Gasteiger partial charge in [-0.3, -0.25) is 0 Å². The van der Waals surface area contributed by atoms with E-state index in [1.54, 1.807) is 0 Å². The van der Waals surface area contributed by atoms with Crippen molar-refractivity contribution >= 4 is 23.2 Å². The van der Waals surface area contributed by atoms with Crippen molar-refractivity contribution in [2.45, 2.75) is 165 Å². The molecule has 0 N–H and O–H groups in total. The fourth-order valence-corrected chi connectivity index (χ4v) is 10.1. The summed E-state index contributed by atoms with van der Waals surface area (Å²) < 4.78 is -0.556. The second-order valence-corrected chi connectivity index (χ2v) is 16.0. The molecule has 0 bridgehead atoms. The van der Waals surface area contributed by atoms with E-state index in [1.807, 2.05) is 0 Å². The fourth-order valence-electron chi connectivity index (χ4n) is 9.09. The summed E-state index contributed by atoms with van der Waals surface area (Å²) in [6.07, 6.45) is 27.0. The first-order valence-electron chi connectivity index (χ1n) is 18.0. The van der Waals surface area contributed by atoms with Gasteiger partial charge in [-0.1, -0.05) is 114 Å². The monoisotopic (exact) mass is 608 g/mol. The molecule has 0 radical (unpaired) electrons. The van der Waals surface area contributed by atoms with E-state index in [0.29, 0.717) is 11.8 Å². The quantitative estimate of drug-likeness (QED) is 0.148. The summed E-state index contributed by atoms with van der Waals surface area (Å²) in [5.74, 6) is 1.34. The molecule has 0 aromatic heterocycles. The van der Waals surface area contributed by atoms with E-state index in [-0.39, 0.29) is 10.8 Å². The Morgan fingerprint density at radius 3 is 1.21 bits per heavy atom. The van der Waals surface area contributed by atoms with Gasteiger partial charge in [-0.2, -0.15) is 0 Å². The van der Waals surface area contributed by atoms with Crippen molar-refractivity contribution in [3.05, 3.63) is 70.8 Å². The molecule has 2 heteroatoms. The third-order valence-electron chi connectivity index (χ3n) is 11.9. The molecular weight excluding hydrogens is 551 g/mol. The first kappa shape index (κ1) is 32.4. The van der Waals surface area contributed by atoms with Crippen molar-refractivity contribution in [2.75, 3.05) is 0 Å². The molecule has 0 nitrogen and oxygen atoms in total. The fraction of sp³-hybridized carbons (Fsp3) is 0.700. The number of benzene rings is 2. The SMILES string of the molecule is CCCCCCCc1ccc(C2CCC3(CC2)CC2(CCC(c4ccc(CCCCCCC)cc4)CC2)C3(Cl)Cl)cc1. The van der Waals surface area contributed by atoms with E-state index in [0.717, 1.165) is 0 Å². The second-order valence-electron chi connectivity index (χ2n) is 14.7. The summed E-state index contributed by atoms with van der Waals surface area (Å²) in [6, 6.07) is 19.3. The minimum atomic E-state index is -0.556. The highest BCUT2D eigenvalue weighted by Gasteiger charge is 2.72. The predicted octanol–water partition coefficient (Wildman–Crippen LogP) is 13.3. The average molecular weight is 610 g/mol. The van der Waals surface area contributed by atoms with Crippen LogP contribution in [-0.2, 0) is 12.8 Å². The van der Waals surface area contributed by atoms with Gasteiger partial charge >= 0.3 is 0 Å². The molecule has 2 spiro atoms. The molecular formula is C40H58Cl2. The summed E-state index contributed by atoms with van der Waals surface area (Å²) in [6.45, 7) is 4.58. The minimum Gasteiger partial charge on any atom is -0.100 e. The van der Waals surface area contributed by atoms with Crippen LogP contribution >= 0.6 is 23.2 Å². The molecule has 2 aromatic rings. The number of hydrogen-bond acceptors (Lipinski definition) is 0. The number of hydrogen-bond donors (Lipinski definition) is 0. The lowest BCUT2D eigenvalue weighted by molar-refractivity contribution is -0.107. The van der Waals surface area contributed by atoms with Crippen LogP contribution in [0.15, 0.2) is 48.5 Å². The van der Waals surface area contributed by atoms with Crippen molar-refractivity contribution in [1.82, 2.24) is 0 Å². The highest BCUT2D eigenvalue weighted by Crippen LogP contribution is 2.77. The topological polar surface area (TPSA) is 0 Å². The van der Waals surface area contributed by atoms with E-state index in [1.165, 1.54) is 157 Å². The lowest BCUT2D eigenvalue weighted by Crippen LogP contribution is -2.66. The maximum atomic E-state index is 7.43. The van der Waals surface area contributed by atoms with Gasteiger partial charge in [-0.25, -0.2) is 0 Å². The van der Waals surface area contributed by atoms with Crippen LogP contribution in [0, 0.1) is 10.8 Å². The lowest BCUT2D eigenvalue weighted by Gasteiger charge is -2.69. The molecule has 3 aliphatic rings. The number of halogens is 2. The predicted molar refractivity (Wildman–Crippen MR) is 184 cm³/mol. The molecule has 3 aliphatic carbocycles. The molecule has 3 saturated carbocycles. The van der Waals surface area contributed by atoms with Crippen LogP contribution in [0.4, 0.5) is 0 Å². The minimum absolute atomic E-state index is 0.136. The van der Waals surface area contributed by atoms with Crippen molar-refractivity contribution < 1.29 is 0 Å². The average Bonchev–Trinajstić information content (AvgIpc) is 3.02. The van der Waals surface area contributed by atoms with Crippen molar-refractivity contribution in [2.24, 2.45) is 10.8 Å². The van der Waals surface area contributed by atoms with Crippen LogP contribution in [0.2, 0.25) is 0 Å². The van der Waals surface area contributed by atoms with Crippen molar-refractivity contribution in [1.29, 1.82) is 0 Å². The highest BCUT2D eigenvalue weighted by molar-refractivity contribution is 6.50. The molecule has 232 valence electrons. The van der Waals surface area contributed by atoms with Crippen molar-refractivity contribution in [3.63, 3.8) is 0 Å². The van der Waals surface area contributed by atoms with E-state index >= 15 is 0 Å². The standard InChI is InChI=1S/C40H58Cl2/c1-3-5-7-9-11-13-32-15-19-34(20-16-32)36-23-27-38(28-24-36)31-39(40(38,41)42)29-25-37(26-30-39)35-21-17-33(18-22-35)14-12-10-8-6-4-2/h15-22,36-37H,3-14,23-31H2,1-2H3. The van der Waals surface area contributed by atoms with Gasteiger partial charge in [0.25, 0.3) is 0 Å². The van der Waals surface area contributed by atoms with Gasteiger partial charge in [0.1, 0.15) is 4.33 Å². The molecule has 0 aliphatic heterocycles. The van der Waals surface area contributed by atoms with E-state index in [9.17, 15) is 0 Å². The second kappa shape index (κ2) is 14.9. The molecule has 0 saturated heterocycles. The highest BCUT2D eigenvalue weighted by atomic mass is 35.5. The maximum absolute atomic E-state index is 7.43. The molecule has 0 amide bonds. The van der Waals surface area contributed by atoms with Crippen LogP contribution in [0.25, 0.3) is 0 Å². The lowest BCUT2D eigenvalue weighted by atomic mass is 9.43. The number of aryl methyl sites for hydroxylation is 2. The van der Waals surface area contributed by atoms with E-state index in [4.69, 9.17) is 23.2 Å². The molecule has 0 unspecified atom stereocenters. The van der Waals surface area contributed by atoms with E-state index < -0.39 is 4.33 Å². The summed E-state index contributed by atoms with van der Waals surface area (Å²) in [4.78, 5) is 0. The van der Waals surface area contributed by atoms with Crippen LogP contribution in [0.1, 0.15) is 170 Å². The number of alkyl halides is 2. The Labute approximate surface area is 268 Å². The maximum Gasteiger partial charge on any atom is 0.129 e. The van der Waals surface area contributed by atoms with Crippen LogP contribution in [-0.4, -0.2) is 4.33 Å². The molecule has 0 atom stereocenters. The summed E-state index contributed by atoms with van der Waals surface area (Å²) in [5.41, 5.74) is 6.35. The Bertz CT molecular complexity index is 980. The summed E-state index contributed by atoms with van der Waals surface area (Å²) >= 11 is 14.9. The Morgan fingerprint density at radius 2 is 0.881 bits per heavy atom.